The number of amides is 1. The Bertz CT molecular complexity index is 906. The second-order valence-corrected chi connectivity index (χ2v) is 7.43. The number of ether oxygens (including phenoxy) is 1. The fourth-order valence-electron chi connectivity index (χ4n) is 3.16. The van der Waals surface area contributed by atoms with E-state index in [4.69, 9.17) is 21.2 Å². The Hall–Kier alpha value is -3.00. The number of benzene rings is 1. The average molecular weight is 465 g/mol. The first-order valence-electron chi connectivity index (χ1n) is 10.6. The number of phenolic OH excluding ortho intramolecular Hbond substituents is 2. The van der Waals surface area contributed by atoms with Crippen molar-refractivity contribution in [1.82, 2.24) is 4.90 Å². The maximum Gasteiger partial charge on any atom is 0.342 e. The summed E-state index contributed by atoms with van der Waals surface area (Å²) in [5.41, 5.74) is 0.373. The highest BCUT2D eigenvalue weighted by atomic mass is 35.5. The van der Waals surface area contributed by atoms with Crippen LogP contribution in [0.2, 0.25) is 5.02 Å². The number of carbonyl (C=O) groups is 2. The molecule has 0 aromatic heterocycles. The molecule has 0 radical (unpaired) electrons. The number of halogens is 1. The molecule has 2 rings (SSSR count). The molecule has 0 saturated carbocycles. The molecule has 0 bridgehead atoms. The van der Waals surface area contributed by atoms with Crippen LogP contribution >= 0.6 is 11.6 Å². The number of hydrogen-bond donors (Lipinski definition) is 2. The van der Waals surface area contributed by atoms with Gasteiger partial charge in [-0.15, -0.1) is 0 Å². The van der Waals surface area contributed by atoms with Gasteiger partial charge < -0.3 is 24.7 Å². The summed E-state index contributed by atoms with van der Waals surface area (Å²) in [5.74, 6) is -1.78. The van der Waals surface area contributed by atoms with E-state index in [1.165, 1.54) is 0 Å². The summed E-state index contributed by atoms with van der Waals surface area (Å²) in [6.45, 7) is 4.77. The lowest BCUT2D eigenvalue weighted by Crippen LogP contribution is -2.33. The zero-order valence-electron chi connectivity index (χ0n) is 18.3. The van der Waals surface area contributed by atoms with Crippen LogP contribution in [0.5, 0.6) is 11.5 Å². The van der Waals surface area contributed by atoms with Gasteiger partial charge in [-0.25, -0.2) is 4.79 Å². The number of oxime groups is 1. The van der Waals surface area contributed by atoms with E-state index in [1.807, 2.05) is 32.1 Å². The van der Waals surface area contributed by atoms with Crippen LogP contribution in [0, 0.1) is 0 Å². The van der Waals surface area contributed by atoms with Gasteiger partial charge in [0.1, 0.15) is 17.1 Å². The Morgan fingerprint density at radius 3 is 2.56 bits per heavy atom. The lowest BCUT2D eigenvalue weighted by molar-refractivity contribution is -0.135. The molecule has 0 fully saturated rings. The molecule has 1 aromatic carbocycles. The van der Waals surface area contributed by atoms with Gasteiger partial charge in [-0.2, -0.15) is 0 Å². The Balaban J connectivity index is 2.39. The lowest BCUT2D eigenvalue weighted by atomic mass is 9.99. The van der Waals surface area contributed by atoms with Crippen LogP contribution in [-0.4, -0.2) is 59.0 Å². The largest absolute Gasteiger partial charge is 0.507 e. The first-order chi connectivity index (χ1) is 15.4. The fourth-order valence-corrected chi connectivity index (χ4v) is 3.37. The molecule has 9 heteroatoms. The van der Waals surface area contributed by atoms with Crippen molar-refractivity contribution in [3.8, 4) is 11.5 Å². The van der Waals surface area contributed by atoms with Crippen molar-refractivity contribution in [2.45, 2.75) is 39.5 Å². The molecule has 1 aromatic rings. The number of esters is 1. The topological polar surface area (TPSA) is 109 Å². The third-order valence-electron chi connectivity index (χ3n) is 4.86. The number of cyclic esters (lactones) is 1. The van der Waals surface area contributed by atoms with Crippen LogP contribution in [0.3, 0.4) is 0 Å². The van der Waals surface area contributed by atoms with Crippen LogP contribution in [0.25, 0.3) is 0 Å². The van der Waals surface area contributed by atoms with Crippen LogP contribution in [0.4, 0.5) is 0 Å². The predicted molar refractivity (Wildman–Crippen MR) is 122 cm³/mol. The highest BCUT2D eigenvalue weighted by Crippen LogP contribution is 2.37. The van der Waals surface area contributed by atoms with Crippen molar-refractivity contribution in [2.24, 2.45) is 5.16 Å². The van der Waals surface area contributed by atoms with Crippen molar-refractivity contribution in [3.63, 3.8) is 0 Å². The molecule has 1 heterocycles. The third kappa shape index (κ3) is 7.02. The highest BCUT2D eigenvalue weighted by Gasteiger charge is 2.24. The molecule has 0 aliphatic carbocycles. The van der Waals surface area contributed by atoms with Crippen molar-refractivity contribution in [3.05, 3.63) is 46.5 Å². The minimum Gasteiger partial charge on any atom is -0.507 e. The summed E-state index contributed by atoms with van der Waals surface area (Å²) in [6, 6.07) is 0.997. The van der Waals surface area contributed by atoms with E-state index < -0.39 is 11.7 Å². The van der Waals surface area contributed by atoms with Crippen molar-refractivity contribution in [2.75, 3.05) is 26.3 Å². The lowest BCUT2D eigenvalue weighted by Gasteiger charge is -2.17. The molecule has 0 atom stereocenters. The van der Waals surface area contributed by atoms with Crippen LogP contribution in [-0.2, 0) is 20.8 Å². The number of allylic oxidation sites excluding steroid dienone is 3. The molecule has 32 heavy (non-hydrogen) atoms. The van der Waals surface area contributed by atoms with E-state index in [0.717, 1.165) is 18.9 Å². The van der Waals surface area contributed by atoms with Crippen molar-refractivity contribution >= 4 is 29.2 Å². The van der Waals surface area contributed by atoms with Gasteiger partial charge >= 0.3 is 5.97 Å². The number of likely N-dealkylation sites (N-methyl/N-ethyl adjacent to an activating group) is 1. The van der Waals surface area contributed by atoms with Gasteiger partial charge in [0.25, 0.3) is 5.91 Å². The standard InChI is InChI=1S/C23H29ClN2O6/c1-3-26(4-2)20(29)15-32-25-16-11-9-7-5-6-8-10-12-31-23(30)21-17(13-16)22(24)19(28)14-18(21)27/h6,8-9,11,14,27-28H,3-5,7,10,12-13,15H2,1-2H3. The summed E-state index contributed by atoms with van der Waals surface area (Å²) < 4.78 is 5.26. The number of carbonyl (C=O) groups excluding carboxylic acids is 2. The van der Waals surface area contributed by atoms with Crippen molar-refractivity contribution in [1.29, 1.82) is 0 Å². The summed E-state index contributed by atoms with van der Waals surface area (Å²) in [7, 11) is 0. The van der Waals surface area contributed by atoms with Gasteiger partial charge in [0.2, 0.25) is 0 Å². The molecule has 0 unspecified atom stereocenters. The minimum atomic E-state index is -0.759. The van der Waals surface area contributed by atoms with Gasteiger partial charge in [0.05, 0.1) is 17.3 Å². The van der Waals surface area contributed by atoms with Crippen LogP contribution < -0.4 is 0 Å². The number of rotatable bonds is 5. The van der Waals surface area contributed by atoms with Crippen molar-refractivity contribution < 1.29 is 29.4 Å². The predicted octanol–water partition coefficient (Wildman–Crippen LogP) is 3.99. The van der Waals surface area contributed by atoms with Gasteiger partial charge in [-0.1, -0.05) is 35.0 Å². The molecule has 0 saturated heterocycles. The third-order valence-corrected chi connectivity index (χ3v) is 5.29. The van der Waals surface area contributed by atoms with E-state index in [-0.39, 0.29) is 47.4 Å². The highest BCUT2D eigenvalue weighted by molar-refractivity contribution is 6.33. The van der Waals surface area contributed by atoms with Gasteiger partial charge in [0.15, 0.2) is 6.61 Å². The normalized spacial score (nSPS) is 16.2. The second kappa shape index (κ2) is 12.8. The first-order valence-corrected chi connectivity index (χ1v) is 10.9. The number of hydrogen-bond acceptors (Lipinski definition) is 7. The SMILES string of the molecule is CCN(CC)C(=O)CON=C1C=CCCC=CCCOC(=O)c2c(O)cc(O)c(Cl)c2C1. The summed E-state index contributed by atoms with van der Waals surface area (Å²) >= 11 is 6.27. The molecule has 8 nitrogen and oxygen atoms in total. The molecule has 1 aliphatic rings. The maximum absolute atomic E-state index is 12.6. The van der Waals surface area contributed by atoms with E-state index in [2.05, 4.69) is 5.16 Å². The Labute approximate surface area is 192 Å². The summed E-state index contributed by atoms with van der Waals surface area (Å²) in [6.07, 6.45) is 9.52. The number of fused-ring (bicyclic) bond motifs is 1. The molecule has 174 valence electrons. The molecule has 0 spiro atoms. The summed E-state index contributed by atoms with van der Waals surface area (Å²) in [5, 5.41) is 24.3. The smallest absolute Gasteiger partial charge is 0.342 e. The first kappa shape index (κ1) is 25.3. The van der Waals surface area contributed by atoms with Gasteiger partial charge in [0, 0.05) is 25.6 Å². The summed E-state index contributed by atoms with van der Waals surface area (Å²) in [4.78, 5) is 31.7. The minimum absolute atomic E-state index is 0.0307. The Kier molecular flexibility index (Phi) is 10.1. The van der Waals surface area contributed by atoms with Gasteiger partial charge in [-0.3, -0.25) is 4.79 Å². The van der Waals surface area contributed by atoms with Gasteiger partial charge in [-0.05, 0) is 44.7 Å². The monoisotopic (exact) mass is 464 g/mol. The van der Waals surface area contributed by atoms with Crippen LogP contribution in [0.15, 0.2) is 35.5 Å². The van der Waals surface area contributed by atoms with E-state index in [1.54, 1.807) is 11.0 Å². The number of nitrogens with zero attached hydrogens (tertiary/aromatic N) is 2. The second-order valence-electron chi connectivity index (χ2n) is 7.06. The molecule has 1 amide bonds. The zero-order chi connectivity index (χ0) is 23.5. The molecule has 1 aliphatic heterocycles. The number of aromatic hydroxyl groups is 2. The molecular weight excluding hydrogens is 436 g/mol. The fraction of sp³-hybridized carbons (Fsp3) is 0.435. The van der Waals surface area contributed by atoms with E-state index in [9.17, 15) is 19.8 Å². The molecule has 2 N–H and O–H groups in total. The average Bonchev–Trinajstić information content (AvgIpc) is 2.76. The van der Waals surface area contributed by atoms with E-state index in [0.29, 0.717) is 25.2 Å². The van der Waals surface area contributed by atoms with Crippen LogP contribution in [0.1, 0.15) is 49.0 Å². The Morgan fingerprint density at radius 1 is 1.16 bits per heavy atom. The Morgan fingerprint density at radius 2 is 1.84 bits per heavy atom. The maximum atomic E-state index is 12.6. The number of phenols is 2. The van der Waals surface area contributed by atoms with E-state index >= 15 is 0 Å². The zero-order valence-corrected chi connectivity index (χ0v) is 19.1. The quantitative estimate of drug-likeness (QED) is 0.387. The molecular formula is C23H29ClN2O6.